The van der Waals surface area contributed by atoms with E-state index in [9.17, 15) is 14.0 Å². The van der Waals surface area contributed by atoms with Gasteiger partial charge < -0.3 is 19.0 Å². The summed E-state index contributed by atoms with van der Waals surface area (Å²) in [5.74, 6) is 1.11. The van der Waals surface area contributed by atoms with E-state index in [1.54, 1.807) is 12.1 Å². The molecule has 0 atom stereocenters. The molecule has 0 unspecified atom stereocenters. The number of nitrogens with zero attached hydrogens (tertiary/aromatic N) is 3. The molecule has 0 radical (unpaired) electrons. The van der Waals surface area contributed by atoms with Crippen LogP contribution in [0.4, 0.5) is 4.39 Å². The Bertz CT molecular complexity index is 1340. The van der Waals surface area contributed by atoms with Gasteiger partial charge in [0.1, 0.15) is 5.82 Å². The van der Waals surface area contributed by atoms with Crippen molar-refractivity contribution in [2.45, 2.75) is 13.0 Å². The fourth-order valence-corrected chi connectivity index (χ4v) is 3.13. The number of nitrogens with one attached hydrogen (secondary N) is 1. The third-order valence-corrected chi connectivity index (χ3v) is 4.59. The van der Waals surface area contributed by atoms with Gasteiger partial charge in [0.2, 0.25) is 18.5 Å². The Morgan fingerprint density at radius 2 is 1.86 bits per heavy atom. The zero-order valence-corrected chi connectivity index (χ0v) is 14.8. The minimum atomic E-state index is -0.556. The summed E-state index contributed by atoms with van der Waals surface area (Å²) in [5, 5.41) is 4.16. The lowest BCUT2D eigenvalue weighted by Crippen LogP contribution is -2.35. The summed E-state index contributed by atoms with van der Waals surface area (Å²) >= 11 is 0. The first-order valence-corrected chi connectivity index (χ1v) is 8.73. The van der Waals surface area contributed by atoms with E-state index in [4.69, 9.17) is 14.0 Å². The molecule has 2 aromatic heterocycles. The van der Waals surface area contributed by atoms with Crippen molar-refractivity contribution in [2.75, 3.05) is 6.79 Å². The number of hydrogen-bond acceptors (Lipinski definition) is 7. The second-order valence-electron chi connectivity index (χ2n) is 6.41. The molecule has 0 bridgehead atoms. The molecule has 0 fully saturated rings. The fraction of sp³-hybridized carbons (Fsp3) is 0.158. The Morgan fingerprint density at radius 3 is 2.66 bits per heavy atom. The Kier molecular flexibility index (Phi) is 3.90. The molecule has 0 amide bonds. The maximum Gasteiger partial charge on any atom is 0.328 e. The summed E-state index contributed by atoms with van der Waals surface area (Å²) in [6.45, 7) is 0.112. The molecule has 146 valence electrons. The van der Waals surface area contributed by atoms with Crippen molar-refractivity contribution in [1.82, 2.24) is 19.7 Å². The van der Waals surface area contributed by atoms with Crippen LogP contribution < -0.4 is 20.7 Å². The summed E-state index contributed by atoms with van der Waals surface area (Å²) < 4.78 is 29.8. The van der Waals surface area contributed by atoms with Crippen molar-refractivity contribution < 1.29 is 18.4 Å². The molecule has 1 aliphatic rings. The van der Waals surface area contributed by atoms with Crippen molar-refractivity contribution >= 4 is 10.9 Å². The highest BCUT2D eigenvalue weighted by Gasteiger charge is 2.18. The van der Waals surface area contributed by atoms with Gasteiger partial charge in [0, 0.05) is 24.6 Å². The lowest BCUT2D eigenvalue weighted by Gasteiger charge is -2.06. The standard InChI is InChI=1S/C19H13FN4O5/c20-11-3-1-10(2-4-11)17-22-16(29-23-17)5-6-24-18(25)12-7-14-15(28-9-27-14)8-13(12)21-19(24)26/h1-4,7-8H,5-6,9H2,(H,21,26). The monoisotopic (exact) mass is 396 g/mol. The van der Waals surface area contributed by atoms with Gasteiger partial charge in [-0.2, -0.15) is 4.98 Å². The molecule has 4 aromatic rings. The predicted octanol–water partition coefficient (Wildman–Crippen LogP) is 1.85. The molecule has 1 N–H and O–H groups in total. The highest BCUT2D eigenvalue weighted by molar-refractivity contribution is 5.81. The second-order valence-corrected chi connectivity index (χ2v) is 6.41. The maximum atomic E-state index is 13.0. The third-order valence-electron chi connectivity index (χ3n) is 4.59. The largest absolute Gasteiger partial charge is 0.454 e. The predicted molar refractivity (Wildman–Crippen MR) is 98.3 cm³/mol. The van der Waals surface area contributed by atoms with E-state index in [2.05, 4.69) is 15.1 Å². The van der Waals surface area contributed by atoms with E-state index < -0.39 is 11.2 Å². The number of rotatable bonds is 4. The number of fused-ring (bicyclic) bond motifs is 2. The van der Waals surface area contributed by atoms with Crippen LogP contribution >= 0.6 is 0 Å². The van der Waals surface area contributed by atoms with Gasteiger partial charge in [-0.05, 0) is 30.3 Å². The molecule has 0 spiro atoms. The summed E-state index contributed by atoms with van der Waals surface area (Å²) in [5.41, 5.74) is -0.0463. The lowest BCUT2D eigenvalue weighted by molar-refractivity contribution is 0.174. The SMILES string of the molecule is O=c1[nH]c2cc3c(cc2c(=O)n1CCc1nc(-c2ccc(F)cc2)no1)OCO3. The first kappa shape index (κ1) is 17.2. The third kappa shape index (κ3) is 3.04. The van der Waals surface area contributed by atoms with Crippen LogP contribution in [0.1, 0.15) is 5.89 Å². The van der Waals surface area contributed by atoms with Crippen LogP contribution in [-0.4, -0.2) is 26.5 Å². The van der Waals surface area contributed by atoms with E-state index in [0.29, 0.717) is 33.8 Å². The Labute approximate surface area is 161 Å². The van der Waals surface area contributed by atoms with Crippen molar-refractivity contribution in [3.05, 3.63) is 68.9 Å². The number of H-pyrrole nitrogens is 1. The topological polar surface area (TPSA) is 112 Å². The minimum Gasteiger partial charge on any atom is -0.454 e. The molecule has 2 aromatic carbocycles. The van der Waals surface area contributed by atoms with Gasteiger partial charge >= 0.3 is 5.69 Å². The normalized spacial score (nSPS) is 12.6. The molecule has 5 rings (SSSR count). The van der Waals surface area contributed by atoms with Crippen molar-refractivity contribution in [2.24, 2.45) is 0 Å². The van der Waals surface area contributed by atoms with Gasteiger partial charge in [0.25, 0.3) is 5.56 Å². The molecule has 0 aliphatic carbocycles. The number of aromatic nitrogens is 4. The average molecular weight is 396 g/mol. The van der Waals surface area contributed by atoms with Crippen molar-refractivity contribution in [3.63, 3.8) is 0 Å². The summed E-state index contributed by atoms with van der Waals surface area (Å²) in [6, 6.07) is 8.78. The zero-order valence-electron chi connectivity index (χ0n) is 14.8. The van der Waals surface area contributed by atoms with Gasteiger partial charge in [0.05, 0.1) is 10.9 Å². The molecule has 3 heterocycles. The first-order chi connectivity index (χ1) is 14.1. The van der Waals surface area contributed by atoms with Crippen LogP contribution in [0.2, 0.25) is 0 Å². The van der Waals surface area contributed by atoms with Gasteiger partial charge in [-0.1, -0.05) is 5.16 Å². The molecule has 1 aliphatic heterocycles. The number of hydrogen-bond donors (Lipinski definition) is 1. The Balaban J connectivity index is 1.42. The summed E-state index contributed by atoms with van der Waals surface area (Å²) in [6.07, 6.45) is 0.174. The highest BCUT2D eigenvalue weighted by Crippen LogP contribution is 2.34. The number of ether oxygens (including phenoxy) is 2. The Morgan fingerprint density at radius 1 is 1.10 bits per heavy atom. The van der Waals surface area contributed by atoms with Gasteiger partial charge in [-0.3, -0.25) is 9.36 Å². The fourth-order valence-electron chi connectivity index (χ4n) is 3.13. The number of aryl methyl sites for hydroxylation is 1. The van der Waals surface area contributed by atoms with Crippen LogP contribution in [-0.2, 0) is 13.0 Å². The quantitative estimate of drug-likeness (QED) is 0.560. The lowest BCUT2D eigenvalue weighted by atomic mass is 10.2. The number of aromatic amines is 1. The molecule has 0 saturated carbocycles. The molecule has 9 nitrogen and oxygen atoms in total. The minimum absolute atomic E-state index is 0.0452. The Hall–Kier alpha value is -3.95. The van der Waals surface area contributed by atoms with Crippen LogP contribution in [0.3, 0.4) is 0 Å². The van der Waals surface area contributed by atoms with E-state index >= 15 is 0 Å². The van der Waals surface area contributed by atoms with Crippen molar-refractivity contribution in [3.8, 4) is 22.9 Å². The van der Waals surface area contributed by atoms with E-state index in [-0.39, 0.29) is 31.5 Å². The molecular weight excluding hydrogens is 383 g/mol. The smallest absolute Gasteiger partial charge is 0.328 e. The first-order valence-electron chi connectivity index (χ1n) is 8.73. The van der Waals surface area contributed by atoms with Crippen molar-refractivity contribution in [1.29, 1.82) is 0 Å². The van der Waals surface area contributed by atoms with E-state index in [1.807, 2.05) is 0 Å². The summed E-state index contributed by atoms with van der Waals surface area (Å²) in [4.78, 5) is 32.0. The summed E-state index contributed by atoms with van der Waals surface area (Å²) in [7, 11) is 0. The van der Waals surface area contributed by atoms with Gasteiger partial charge in [0.15, 0.2) is 11.5 Å². The van der Waals surface area contributed by atoms with E-state index in [0.717, 1.165) is 4.57 Å². The van der Waals surface area contributed by atoms with Crippen LogP contribution in [0.15, 0.2) is 50.5 Å². The zero-order chi connectivity index (χ0) is 20.0. The van der Waals surface area contributed by atoms with Crippen LogP contribution in [0.25, 0.3) is 22.3 Å². The molecular formula is C19H13FN4O5. The highest BCUT2D eigenvalue weighted by atomic mass is 19.1. The molecule has 29 heavy (non-hydrogen) atoms. The average Bonchev–Trinajstić information content (AvgIpc) is 3.36. The van der Waals surface area contributed by atoms with E-state index in [1.165, 1.54) is 24.3 Å². The van der Waals surface area contributed by atoms with Gasteiger partial charge in [-0.15, -0.1) is 0 Å². The number of benzene rings is 2. The van der Waals surface area contributed by atoms with Crippen LogP contribution in [0.5, 0.6) is 11.5 Å². The second kappa shape index (κ2) is 6.59. The van der Waals surface area contributed by atoms with Crippen LogP contribution in [0, 0.1) is 5.82 Å². The van der Waals surface area contributed by atoms with Gasteiger partial charge in [-0.25, -0.2) is 9.18 Å². The molecule has 0 saturated heterocycles. The molecule has 10 heteroatoms. The number of halogens is 1. The maximum absolute atomic E-state index is 13.0.